The molecule has 1 atom stereocenters. The minimum Gasteiger partial charge on any atom is -0.477 e. The summed E-state index contributed by atoms with van der Waals surface area (Å²) in [5, 5.41) is 0.460. The third kappa shape index (κ3) is 4.21. The van der Waals surface area contributed by atoms with Crippen molar-refractivity contribution in [3.05, 3.63) is 27.7 Å². The van der Waals surface area contributed by atoms with Crippen LogP contribution >= 0.6 is 27.5 Å². The van der Waals surface area contributed by atoms with Gasteiger partial charge in [0.25, 0.3) is 0 Å². The first-order chi connectivity index (χ1) is 8.08. The van der Waals surface area contributed by atoms with Crippen molar-refractivity contribution in [2.75, 3.05) is 6.61 Å². The number of esters is 1. The van der Waals surface area contributed by atoms with Crippen LogP contribution in [0.5, 0.6) is 5.75 Å². The molecule has 0 unspecified atom stereocenters. The van der Waals surface area contributed by atoms with E-state index in [1.54, 1.807) is 25.1 Å². The maximum absolute atomic E-state index is 11.6. The summed E-state index contributed by atoms with van der Waals surface area (Å²) < 4.78 is 11.3. The highest BCUT2D eigenvalue weighted by Crippen LogP contribution is 2.29. The Morgan fingerprint density at radius 3 is 2.71 bits per heavy atom. The summed E-state index contributed by atoms with van der Waals surface area (Å²) in [4.78, 5) is 11.6. The average Bonchev–Trinajstić information content (AvgIpc) is 2.28. The Morgan fingerprint density at radius 1 is 1.47 bits per heavy atom. The van der Waals surface area contributed by atoms with E-state index < -0.39 is 6.10 Å². The predicted molar refractivity (Wildman–Crippen MR) is 70.5 cm³/mol. The quantitative estimate of drug-likeness (QED) is 0.773. The monoisotopic (exact) mass is 320 g/mol. The van der Waals surface area contributed by atoms with E-state index in [-0.39, 0.29) is 5.97 Å². The molecular formula is C12H14BrClO3. The number of ether oxygens (including phenoxy) is 2. The lowest BCUT2D eigenvalue weighted by atomic mass is 10.2. The van der Waals surface area contributed by atoms with Gasteiger partial charge >= 0.3 is 5.97 Å². The van der Waals surface area contributed by atoms with E-state index in [1.165, 1.54) is 0 Å². The highest BCUT2D eigenvalue weighted by molar-refractivity contribution is 9.10. The third-order valence-electron chi connectivity index (χ3n) is 2.08. The molecule has 0 spiro atoms. The molecule has 94 valence electrons. The number of hydrogen-bond donors (Lipinski definition) is 0. The van der Waals surface area contributed by atoms with Crippen LogP contribution in [-0.2, 0) is 9.53 Å². The Hall–Kier alpha value is -0.740. The zero-order chi connectivity index (χ0) is 12.8. The van der Waals surface area contributed by atoms with Gasteiger partial charge in [-0.3, -0.25) is 0 Å². The molecule has 0 aliphatic rings. The first-order valence-corrected chi connectivity index (χ1v) is 6.53. The van der Waals surface area contributed by atoms with Gasteiger partial charge in [-0.05, 0) is 31.5 Å². The van der Waals surface area contributed by atoms with Crippen LogP contribution in [0, 0.1) is 0 Å². The van der Waals surface area contributed by atoms with Crippen LogP contribution in [0.3, 0.4) is 0 Å². The van der Waals surface area contributed by atoms with Gasteiger partial charge in [0.2, 0.25) is 0 Å². The molecule has 1 aromatic rings. The van der Waals surface area contributed by atoms with E-state index >= 15 is 0 Å². The summed E-state index contributed by atoms with van der Waals surface area (Å²) >= 11 is 9.31. The van der Waals surface area contributed by atoms with Crippen molar-refractivity contribution in [3.8, 4) is 5.75 Å². The van der Waals surface area contributed by atoms with Crippen LogP contribution in [0.15, 0.2) is 22.7 Å². The standard InChI is InChI=1S/C12H14BrClO3/c1-3-10(12(15)16-4-2)17-11-6-5-8(13)7-9(11)14/h5-7,10H,3-4H2,1-2H3/t10-/m0/s1. The molecule has 17 heavy (non-hydrogen) atoms. The fourth-order valence-corrected chi connectivity index (χ4v) is 1.98. The summed E-state index contributed by atoms with van der Waals surface area (Å²) in [5.41, 5.74) is 0. The highest BCUT2D eigenvalue weighted by atomic mass is 79.9. The van der Waals surface area contributed by atoms with Crippen molar-refractivity contribution in [3.63, 3.8) is 0 Å². The fourth-order valence-electron chi connectivity index (χ4n) is 1.26. The van der Waals surface area contributed by atoms with Gasteiger partial charge in [-0.15, -0.1) is 0 Å². The fraction of sp³-hybridized carbons (Fsp3) is 0.417. The van der Waals surface area contributed by atoms with Crippen LogP contribution in [0.25, 0.3) is 0 Å². The average molecular weight is 322 g/mol. The highest BCUT2D eigenvalue weighted by Gasteiger charge is 2.20. The number of carbonyl (C=O) groups excluding carboxylic acids is 1. The van der Waals surface area contributed by atoms with Gasteiger partial charge in [0.15, 0.2) is 6.10 Å². The number of hydrogen-bond acceptors (Lipinski definition) is 3. The maximum atomic E-state index is 11.6. The van der Waals surface area contributed by atoms with Crippen LogP contribution in [0.2, 0.25) is 5.02 Å². The van der Waals surface area contributed by atoms with Gasteiger partial charge in [-0.2, -0.15) is 0 Å². The summed E-state index contributed by atoms with van der Waals surface area (Å²) in [7, 11) is 0. The van der Waals surface area contributed by atoms with Crippen molar-refractivity contribution < 1.29 is 14.3 Å². The lowest BCUT2D eigenvalue weighted by Crippen LogP contribution is -2.28. The molecule has 0 N–H and O–H groups in total. The number of rotatable bonds is 5. The maximum Gasteiger partial charge on any atom is 0.347 e. The van der Waals surface area contributed by atoms with E-state index in [0.717, 1.165) is 4.47 Å². The SMILES string of the molecule is CCOC(=O)[C@H](CC)Oc1ccc(Br)cc1Cl. The Kier molecular flexibility index (Phi) is 5.78. The topological polar surface area (TPSA) is 35.5 Å². The lowest BCUT2D eigenvalue weighted by molar-refractivity contribution is -0.151. The molecule has 1 aromatic carbocycles. The van der Waals surface area contributed by atoms with Crippen molar-refractivity contribution in [1.82, 2.24) is 0 Å². The normalized spacial score (nSPS) is 12.0. The Labute approximate surface area is 114 Å². The molecule has 0 aliphatic heterocycles. The zero-order valence-electron chi connectivity index (χ0n) is 9.70. The minimum absolute atomic E-state index is 0.340. The van der Waals surface area contributed by atoms with Gasteiger partial charge in [0.05, 0.1) is 11.6 Å². The van der Waals surface area contributed by atoms with E-state index in [4.69, 9.17) is 21.1 Å². The third-order valence-corrected chi connectivity index (χ3v) is 2.87. The van der Waals surface area contributed by atoms with Crippen molar-refractivity contribution in [2.24, 2.45) is 0 Å². The van der Waals surface area contributed by atoms with Crippen molar-refractivity contribution in [2.45, 2.75) is 26.4 Å². The number of benzene rings is 1. The van der Waals surface area contributed by atoms with E-state index in [9.17, 15) is 4.79 Å². The Bertz CT molecular complexity index is 395. The summed E-state index contributed by atoms with van der Waals surface area (Å²) in [6.45, 7) is 3.96. The number of carbonyl (C=O) groups is 1. The largest absolute Gasteiger partial charge is 0.477 e. The van der Waals surface area contributed by atoms with E-state index in [1.807, 2.05) is 6.92 Å². The van der Waals surface area contributed by atoms with E-state index in [0.29, 0.717) is 23.8 Å². The predicted octanol–water partition coefficient (Wildman–Crippen LogP) is 3.82. The molecule has 0 saturated carbocycles. The molecule has 0 aromatic heterocycles. The summed E-state index contributed by atoms with van der Waals surface area (Å²) in [6.07, 6.45) is -0.0841. The molecule has 1 rings (SSSR count). The molecule has 0 heterocycles. The van der Waals surface area contributed by atoms with Gasteiger partial charge in [-0.25, -0.2) is 4.79 Å². The number of halogens is 2. The van der Waals surface area contributed by atoms with Gasteiger partial charge in [0.1, 0.15) is 5.75 Å². The van der Waals surface area contributed by atoms with Crippen molar-refractivity contribution >= 4 is 33.5 Å². The Morgan fingerprint density at radius 2 is 2.18 bits per heavy atom. The van der Waals surface area contributed by atoms with Gasteiger partial charge in [0, 0.05) is 4.47 Å². The molecule has 0 saturated heterocycles. The molecule has 0 amide bonds. The lowest BCUT2D eigenvalue weighted by Gasteiger charge is -2.16. The second-order valence-electron chi connectivity index (χ2n) is 3.34. The second-order valence-corrected chi connectivity index (χ2v) is 4.66. The molecule has 5 heteroatoms. The first-order valence-electron chi connectivity index (χ1n) is 5.36. The molecular weight excluding hydrogens is 307 g/mol. The molecule has 0 bridgehead atoms. The molecule has 0 aliphatic carbocycles. The zero-order valence-corrected chi connectivity index (χ0v) is 12.0. The van der Waals surface area contributed by atoms with Crippen LogP contribution in [-0.4, -0.2) is 18.7 Å². The second kappa shape index (κ2) is 6.87. The van der Waals surface area contributed by atoms with Gasteiger partial charge < -0.3 is 9.47 Å². The molecule has 0 fully saturated rings. The van der Waals surface area contributed by atoms with Crippen LogP contribution in [0.4, 0.5) is 0 Å². The van der Waals surface area contributed by atoms with E-state index in [2.05, 4.69) is 15.9 Å². The van der Waals surface area contributed by atoms with Crippen LogP contribution in [0.1, 0.15) is 20.3 Å². The van der Waals surface area contributed by atoms with Crippen LogP contribution < -0.4 is 4.74 Å². The van der Waals surface area contributed by atoms with Crippen molar-refractivity contribution in [1.29, 1.82) is 0 Å². The molecule has 3 nitrogen and oxygen atoms in total. The minimum atomic E-state index is -0.617. The summed E-state index contributed by atoms with van der Waals surface area (Å²) in [6, 6.07) is 5.24. The van der Waals surface area contributed by atoms with Gasteiger partial charge in [-0.1, -0.05) is 34.5 Å². The smallest absolute Gasteiger partial charge is 0.347 e. The summed E-state index contributed by atoms with van der Waals surface area (Å²) in [5.74, 6) is 0.115. The first kappa shape index (κ1) is 14.3. The molecule has 0 radical (unpaired) electrons. The Balaban J connectivity index is 2.77.